The molecule has 0 aliphatic heterocycles. The fourth-order valence-electron chi connectivity index (χ4n) is 3.67. The van der Waals surface area contributed by atoms with Gasteiger partial charge in [-0.25, -0.2) is 4.39 Å². The second-order valence-electron chi connectivity index (χ2n) is 8.37. The summed E-state index contributed by atoms with van der Waals surface area (Å²) in [7, 11) is 1.52. The van der Waals surface area contributed by atoms with Crippen molar-refractivity contribution < 1.29 is 23.5 Å². The molecule has 0 aromatic heterocycles. The predicted octanol–water partition coefficient (Wildman–Crippen LogP) is 6.14. The normalized spacial score (nSPS) is 11.2. The molecule has 0 unspecified atom stereocenters. The topological polar surface area (TPSA) is 84.5 Å². The van der Waals surface area contributed by atoms with Crippen molar-refractivity contribution in [3.63, 3.8) is 0 Å². The van der Waals surface area contributed by atoms with Crippen LogP contribution in [0.15, 0.2) is 115 Å². The van der Waals surface area contributed by atoms with E-state index in [0.717, 1.165) is 0 Å². The number of ether oxygens (including phenoxy) is 1. The highest BCUT2D eigenvalue weighted by atomic mass is 19.1. The van der Waals surface area contributed by atoms with E-state index < -0.39 is 17.6 Å². The minimum absolute atomic E-state index is 0.00123. The lowest BCUT2D eigenvalue weighted by molar-refractivity contribution is -0.113. The first-order valence-electron chi connectivity index (χ1n) is 12.0. The fourth-order valence-corrected chi connectivity index (χ4v) is 3.67. The molecule has 0 aliphatic rings. The summed E-state index contributed by atoms with van der Waals surface area (Å²) < 4.78 is 19.2. The van der Waals surface area contributed by atoms with Crippen molar-refractivity contribution >= 4 is 35.4 Å². The maximum absolute atomic E-state index is 13.8. The van der Waals surface area contributed by atoms with Crippen molar-refractivity contribution in [2.24, 2.45) is 0 Å². The second kappa shape index (κ2) is 12.8. The van der Waals surface area contributed by atoms with E-state index in [-0.39, 0.29) is 11.5 Å². The molecule has 4 rings (SSSR count). The van der Waals surface area contributed by atoms with E-state index >= 15 is 0 Å². The Labute approximate surface area is 225 Å². The lowest BCUT2D eigenvalue weighted by Crippen LogP contribution is -2.30. The first-order valence-corrected chi connectivity index (χ1v) is 12.0. The molecule has 194 valence electrons. The summed E-state index contributed by atoms with van der Waals surface area (Å²) in [6.07, 6.45) is 4.23. The molecule has 4 aromatic rings. The summed E-state index contributed by atoms with van der Waals surface area (Å²) in [5, 5.41) is 5.43. The van der Waals surface area contributed by atoms with Crippen molar-refractivity contribution in [1.82, 2.24) is 5.32 Å². The van der Waals surface area contributed by atoms with Crippen LogP contribution in [0.5, 0.6) is 5.75 Å². The van der Waals surface area contributed by atoms with Gasteiger partial charge in [0.1, 0.15) is 17.3 Å². The third kappa shape index (κ3) is 7.14. The van der Waals surface area contributed by atoms with E-state index in [9.17, 15) is 18.8 Å². The van der Waals surface area contributed by atoms with Crippen molar-refractivity contribution in [2.45, 2.75) is 0 Å². The lowest BCUT2D eigenvalue weighted by Gasteiger charge is -2.12. The maximum Gasteiger partial charge on any atom is 0.272 e. The number of rotatable bonds is 9. The number of hydrogen-bond donors (Lipinski definition) is 2. The largest absolute Gasteiger partial charge is 0.496 e. The van der Waals surface area contributed by atoms with Gasteiger partial charge in [-0.2, -0.15) is 0 Å². The Hall–Kier alpha value is -5.30. The van der Waals surface area contributed by atoms with Crippen molar-refractivity contribution in [3.8, 4) is 5.75 Å². The Bertz CT molecular complexity index is 1540. The molecule has 4 aromatic carbocycles. The highest BCUT2D eigenvalue weighted by molar-refractivity contribution is 6.11. The third-order valence-electron chi connectivity index (χ3n) is 5.71. The highest BCUT2D eigenvalue weighted by Gasteiger charge is 2.16. The number of para-hydroxylation sites is 1. The Morgan fingerprint density at radius 1 is 0.744 bits per heavy atom. The molecule has 0 saturated heterocycles. The molecule has 0 aliphatic carbocycles. The van der Waals surface area contributed by atoms with Crippen LogP contribution < -0.4 is 15.4 Å². The molecule has 2 amide bonds. The van der Waals surface area contributed by atoms with E-state index in [2.05, 4.69) is 10.6 Å². The highest BCUT2D eigenvalue weighted by Crippen LogP contribution is 2.21. The van der Waals surface area contributed by atoms with Crippen LogP contribution in [0, 0.1) is 5.82 Å². The molecule has 0 spiro atoms. The summed E-state index contributed by atoms with van der Waals surface area (Å²) in [5.74, 6) is -1.22. The Kier molecular flexibility index (Phi) is 8.77. The van der Waals surface area contributed by atoms with E-state index in [0.29, 0.717) is 33.7 Å². The molecule has 6 nitrogen and oxygen atoms in total. The molecule has 0 fully saturated rings. The Balaban J connectivity index is 1.52. The number of carbonyl (C=O) groups excluding carboxylic acids is 3. The van der Waals surface area contributed by atoms with Gasteiger partial charge in [-0.15, -0.1) is 0 Å². The summed E-state index contributed by atoms with van der Waals surface area (Å²) >= 11 is 0. The SMILES string of the molecule is COc1ccccc1/C=C(\NC(=O)c1ccccc1)C(=O)Nc1ccc(C(=O)/C=C/c2ccccc2F)cc1. The van der Waals surface area contributed by atoms with Gasteiger partial charge in [0.25, 0.3) is 11.8 Å². The number of allylic oxidation sites excluding steroid dienone is 1. The quantitative estimate of drug-likeness (QED) is 0.205. The molecule has 39 heavy (non-hydrogen) atoms. The number of methoxy groups -OCH3 is 1. The van der Waals surface area contributed by atoms with Crippen molar-refractivity contribution in [3.05, 3.63) is 143 Å². The Morgan fingerprint density at radius 3 is 2.08 bits per heavy atom. The number of halogens is 1. The van der Waals surface area contributed by atoms with Crippen molar-refractivity contribution in [1.29, 1.82) is 0 Å². The Morgan fingerprint density at radius 2 is 1.38 bits per heavy atom. The minimum atomic E-state index is -0.566. The van der Waals surface area contributed by atoms with Crippen LogP contribution in [-0.2, 0) is 4.79 Å². The average Bonchev–Trinajstić information content (AvgIpc) is 2.97. The van der Waals surface area contributed by atoms with Crippen LogP contribution in [0.2, 0.25) is 0 Å². The maximum atomic E-state index is 13.8. The predicted molar refractivity (Wildman–Crippen MR) is 150 cm³/mol. The van der Waals surface area contributed by atoms with Crippen LogP contribution in [0.25, 0.3) is 12.2 Å². The molecule has 0 bridgehead atoms. The van der Waals surface area contributed by atoms with Gasteiger partial charge >= 0.3 is 0 Å². The first-order chi connectivity index (χ1) is 18.9. The summed E-state index contributed by atoms with van der Waals surface area (Å²) in [6.45, 7) is 0. The van der Waals surface area contributed by atoms with Crippen molar-refractivity contribution in [2.75, 3.05) is 12.4 Å². The monoisotopic (exact) mass is 520 g/mol. The summed E-state index contributed by atoms with van der Waals surface area (Å²) in [5.41, 5.74) is 2.07. The molecule has 0 saturated carbocycles. The van der Waals surface area contributed by atoms with Crippen LogP contribution in [0.1, 0.15) is 31.8 Å². The molecule has 0 atom stereocenters. The lowest BCUT2D eigenvalue weighted by atomic mass is 10.1. The molecular weight excluding hydrogens is 495 g/mol. The van der Waals surface area contributed by atoms with Gasteiger partial charge < -0.3 is 15.4 Å². The van der Waals surface area contributed by atoms with Crippen LogP contribution in [0.3, 0.4) is 0 Å². The standard InChI is InChI=1S/C32H25FN2O4/c1-39-30-14-8-6-12-25(30)21-28(35-31(37)24-10-3-2-4-11-24)32(38)34-26-18-15-23(16-19-26)29(36)20-17-22-9-5-7-13-27(22)33/h2-21H,1H3,(H,34,38)(H,35,37)/b20-17+,28-21-. The van der Waals surface area contributed by atoms with Crippen LogP contribution in [0.4, 0.5) is 10.1 Å². The third-order valence-corrected chi connectivity index (χ3v) is 5.71. The molecule has 0 radical (unpaired) electrons. The number of anilines is 1. The van der Waals surface area contributed by atoms with Crippen LogP contribution in [-0.4, -0.2) is 24.7 Å². The number of ketones is 1. The first kappa shape index (κ1) is 26.8. The zero-order valence-corrected chi connectivity index (χ0v) is 21.1. The summed E-state index contributed by atoms with van der Waals surface area (Å²) in [6, 6.07) is 28.0. The average molecular weight is 521 g/mol. The van der Waals surface area contributed by atoms with Gasteiger partial charge in [0.05, 0.1) is 7.11 Å². The molecule has 7 heteroatoms. The van der Waals surface area contributed by atoms with E-state index in [1.54, 1.807) is 97.1 Å². The zero-order valence-electron chi connectivity index (χ0n) is 21.1. The van der Waals surface area contributed by atoms with Gasteiger partial charge in [-0.3, -0.25) is 14.4 Å². The molecular formula is C32H25FN2O4. The van der Waals surface area contributed by atoms with Gasteiger partial charge in [0.15, 0.2) is 5.78 Å². The number of amides is 2. The van der Waals surface area contributed by atoms with Gasteiger partial charge in [-0.1, -0.05) is 54.6 Å². The number of hydrogen-bond acceptors (Lipinski definition) is 4. The van der Waals surface area contributed by atoms with Crippen LogP contribution >= 0.6 is 0 Å². The second-order valence-corrected chi connectivity index (χ2v) is 8.37. The number of nitrogens with one attached hydrogen (secondary N) is 2. The van der Waals surface area contributed by atoms with E-state index in [1.165, 1.54) is 31.4 Å². The van der Waals surface area contributed by atoms with Gasteiger partial charge in [0, 0.05) is 27.9 Å². The number of carbonyl (C=O) groups is 3. The number of benzene rings is 4. The molecule has 0 heterocycles. The van der Waals surface area contributed by atoms with E-state index in [4.69, 9.17) is 4.74 Å². The minimum Gasteiger partial charge on any atom is -0.496 e. The van der Waals surface area contributed by atoms with E-state index in [1.807, 2.05) is 0 Å². The zero-order chi connectivity index (χ0) is 27.6. The smallest absolute Gasteiger partial charge is 0.272 e. The van der Waals surface area contributed by atoms with Gasteiger partial charge in [0.2, 0.25) is 0 Å². The molecule has 2 N–H and O–H groups in total. The van der Waals surface area contributed by atoms with Gasteiger partial charge in [-0.05, 0) is 66.8 Å². The summed E-state index contributed by atoms with van der Waals surface area (Å²) in [4.78, 5) is 38.6. The fraction of sp³-hybridized carbons (Fsp3) is 0.0312.